The molecule has 1 atom stereocenters. The van der Waals surface area contributed by atoms with Gasteiger partial charge in [0.05, 0.1) is 12.9 Å². The van der Waals surface area contributed by atoms with Crippen molar-refractivity contribution in [3.63, 3.8) is 0 Å². The summed E-state index contributed by atoms with van der Waals surface area (Å²) in [6, 6.07) is 0.497. The molecule has 0 aromatic carbocycles. The van der Waals surface area contributed by atoms with E-state index in [0.717, 1.165) is 19.5 Å². The maximum absolute atomic E-state index is 5.26. The van der Waals surface area contributed by atoms with Gasteiger partial charge in [0, 0.05) is 12.6 Å². The summed E-state index contributed by atoms with van der Waals surface area (Å²) in [5.74, 6) is 0. The number of halogens is 1. The molecule has 0 aromatic heterocycles. The first-order chi connectivity index (χ1) is 4.43. The third-order valence-electron chi connectivity index (χ3n) is 1.31. The van der Waals surface area contributed by atoms with Gasteiger partial charge in [0.25, 0.3) is 0 Å². The molecule has 0 radical (unpaired) electrons. The van der Waals surface area contributed by atoms with E-state index in [1.165, 1.54) is 0 Å². The average molecular weight is 148 g/mol. The number of hydrogen-bond acceptors (Lipinski definition) is 3. The van der Waals surface area contributed by atoms with Gasteiger partial charge in [-0.05, 0) is 18.2 Å². The first kappa shape index (κ1) is 6.83. The van der Waals surface area contributed by atoms with Crippen LogP contribution in [0.4, 0.5) is 0 Å². The van der Waals surface area contributed by atoms with Crippen LogP contribution >= 0.6 is 11.8 Å². The molecule has 1 rings (SSSR count). The lowest BCUT2D eigenvalue weighted by Crippen LogP contribution is -2.27. The van der Waals surface area contributed by atoms with Crippen molar-refractivity contribution in [3.05, 3.63) is 0 Å². The number of nitrogens with zero attached hydrogens (tertiary/aromatic N) is 1. The lowest BCUT2D eigenvalue weighted by Gasteiger charge is -2.06. The van der Waals surface area contributed by atoms with Crippen molar-refractivity contribution in [1.29, 1.82) is 0 Å². The first-order valence-corrected chi connectivity index (χ1v) is 3.39. The summed E-state index contributed by atoms with van der Waals surface area (Å²) in [5, 5.41) is 3.10. The Kier molecular flexibility index (Phi) is 2.80. The van der Waals surface area contributed by atoms with Gasteiger partial charge in [0.1, 0.15) is 0 Å². The van der Waals surface area contributed by atoms with Crippen LogP contribution in [0.15, 0.2) is 4.99 Å². The molecule has 3 nitrogen and oxygen atoms in total. The summed E-state index contributed by atoms with van der Waals surface area (Å²) in [4.78, 5) is 6.58. The Morgan fingerprint density at radius 1 is 1.89 bits per heavy atom. The fourth-order valence-corrected chi connectivity index (χ4v) is 0.903. The number of rotatable bonds is 3. The second-order valence-electron chi connectivity index (χ2n) is 2.03. The van der Waals surface area contributed by atoms with Crippen molar-refractivity contribution >= 4 is 18.1 Å². The highest BCUT2D eigenvalue weighted by Gasteiger charge is 2.07. The van der Waals surface area contributed by atoms with Crippen molar-refractivity contribution in [2.45, 2.75) is 12.5 Å². The lowest BCUT2D eigenvalue weighted by atomic mass is 10.2. The fourth-order valence-electron chi connectivity index (χ4n) is 0.794. The summed E-state index contributed by atoms with van der Waals surface area (Å²) < 4.78 is 0. The van der Waals surface area contributed by atoms with Crippen LogP contribution < -0.4 is 10.2 Å². The van der Waals surface area contributed by atoms with E-state index in [1.807, 2.05) is 0 Å². The van der Waals surface area contributed by atoms with Crippen LogP contribution in [-0.2, 0) is 0 Å². The Balaban J connectivity index is 2.01. The van der Waals surface area contributed by atoms with E-state index in [9.17, 15) is 0 Å². The molecule has 52 valence electrons. The average Bonchev–Trinajstić information content (AvgIpc) is 2.34. The minimum Gasteiger partial charge on any atom is -0.372 e. The minimum absolute atomic E-state index is 0.497. The molecular formula is C5H10ClN3. The molecule has 1 unspecified atom stereocenters. The Bertz CT molecular complexity index is 96.4. The SMILES string of the molecule is ClNCCC1CN=CN1. The van der Waals surface area contributed by atoms with Crippen LogP contribution in [0.5, 0.6) is 0 Å². The highest BCUT2D eigenvalue weighted by molar-refractivity contribution is 6.13. The summed E-state index contributed by atoms with van der Waals surface area (Å²) in [5.41, 5.74) is 0. The van der Waals surface area contributed by atoms with Gasteiger partial charge < -0.3 is 5.32 Å². The molecule has 0 saturated heterocycles. The van der Waals surface area contributed by atoms with Gasteiger partial charge in [-0.2, -0.15) is 0 Å². The van der Waals surface area contributed by atoms with E-state index in [-0.39, 0.29) is 0 Å². The van der Waals surface area contributed by atoms with Crippen LogP contribution in [0.3, 0.4) is 0 Å². The molecule has 1 aliphatic rings. The quantitative estimate of drug-likeness (QED) is 0.557. The van der Waals surface area contributed by atoms with Crippen molar-refractivity contribution in [1.82, 2.24) is 10.2 Å². The van der Waals surface area contributed by atoms with Crippen LogP contribution in [0, 0.1) is 0 Å². The highest BCUT2D eigenvalue weighted by atomic mass is 35.5. The summed E-state index contributed by atoms with van der Waals surface area (Å²) >= 11 is 5.26. The molecule has 0 aliphatic carbocycles. The van der Waals surface area contributed by atoms with Crippen LogP contribution in [0.25, 0.3) is 0 Å². The third kappa shape index (κ3) is 2.20. The summed E-state index contributed by atoms with van der Waals surface area (Å²) in [6.45, 7) is 1.72. The first-order valence-electron chi connectivity index (χ1n) is 3.01. The zero-order valence-corrected chi connectivity index (χ0v) is 5.86. The molecule has 0 saturated carbocycles. The normalized spacial score (nSPS) is 24.3. The number of hydrogen-bond donors (Lipinski definition) is 2. The molecule has 4 heteroatoms. The van der Waals surface area contributed by atoms with Gasteiger partial charge in [-0.25, -0.2) is 4.84 Å². The molecule has 0 bridgehead atoms. The van der Waals surface area contributed by atoms with Crippen LogP contribution in [0.1, 0.15) is 6.42 Å². The molecule has 1 aliphatic heterocycles. The predicted molar refractivity (Wildman–Crippen MR) is 38.8 cm³/mol. The Hall–Kier alpha value is -0.280. The van der Waals surface area contributed by atoms with E-state index in [0.29, 0.717) is 6.04 Å². The number of aliphatic imine (C=N–C) groups is 1. The summed E-state index contributed by atoms with van der Waals surface area (Å²) in [7, 11) is 0. The maximum atomic E-state index is 5.26. The molecular weight excluding hydrogens is 138 g/mol. The Morgan fingerprint density at radius 2 is 2.78 bits per heavy atom. The number of nitrogens with one attached hydrogen (secondary N) is 2. The Morgan fingerprint density at radius 3 is 3.33 bits per heavy atom. The fraction of sp³-hybridized carbons (Fsp3) is 0.800. The van der Waals surface area contributed by atoms with Gasteiger partial charge in [-0.1, -0.05) is 0 Å². The highest BCUT2D eigenvalue weighted by Crippen LogP contribution is 1.94. The van der Waals surface area contributed by atoms with E-state index < -0.39 is 0 Å². The maximum Gasteiger partial charge on any atom is 0.0827 e. The lowest BCUT2D eigenvalue weighted by molar-refractivity contribution is 0.600. The molecule has 0 amide bonds. The molecule has 0 fully saturated rings. The van der Waals surface area contributed by atoms with E-state index in [1.54, 1.807) is 6.34 Å². The van der Waals surface area contributed by atoms with Crippen molar-refractivity contribution < 1.29 is 0 Å². The molecule has 2 N–H and O–H groups in total. The monoisotopic (exact) mass is 147 g/mol. The Labute approximate surface area is 59.6 Å². The van der Waals surface area contributed by atoms with Crippen molar-refractivity contribution in [2.75, 3.05) is 13.1 Å². The smallest absolute Gasteiger partial charge is 0.0827 e. The van der Waals surface area contributed by atoms with Crippen LogP contribution in [-0.4, -0.2) is 25.5 Å². The zero-order valence-electron chi connectivity index (χ0n) is 5.10. The van der Waals surface area contributed by atoms with Crippen LogP contribution in [0.2, 0.25) is 0 Å². The van der Waals surface area contributed by atoms with E-state index >= 15 is 0 Å². The molecule has 1 heterocycles. The second-order valence-corrected chi connectivity index (χ2v) is 2.30. The zero-order chi connectivity index (χ0) is 6.53. The molecule has 9 heavy (non-hydrogen) atoms. The van der Waals surface area contributed by atoms with E-state index in [2.05, 4.69) is 15.1 Å². The van der Waals surface area contributed by atoms with Gasteiger partial charge in [0.2, 0.25) is 0 Å². The molecule has 0 spiro atoms. The standard InChI is InChI=1S/C5H10ClN3/c6-9-2-1-5-3-7-4-8-5/h4-5,9H,1-3H2,(H,7,8). The van der Waals surface area contributed by atoms with Crippen molar-refractivity contribution in [2.24, 2.45) is 4.99 Å². The molecule has 0 aromatic rings. The second kappa shape index (κ2) is 3.69. The van der Waals surface area contributed by atoms with Gasteiger partial charge in [-0.3, -0.25) is 4.99 Å². The minimum atomic E-state index is 0.497. The van der Waals surface area contributed by atoms with Gasteiger partial charge in [-0.15, -0.1) is 0 Å². The largest absolute Gasteiger partial charge is 0.372 e. The summed E-state index contributed by atoms with van der Waals surface area (Å²) in [6.07, 6.45) is 2.78. The topological polar surface area (TPSA) is 36.4 Å². The van der Waals surface area contributed by atoms with E-state index in [4.69, 9.17) is 11.8 Å². The van der Waals surface area contributed by atoms with Gasteiger partial charge >= 0.3 is 0 Å². The van der Waals surface area contributed by atoms with Crippen molar-refractivity contribution in [3.8, 4) is 0 Å². The van der Waals surface area contributed by atoms with Gasteiger partial charge in [0.15, 0.2) is 0 Å². The third-order valence-corrected chi connectivity index (χ3v) is 1.50. The predicted octanol–water partition coefficient (Wildman–Crippen LogP) is 0.120.